The Morgan fingerprint density at radius 3 is 2.70 bits per heavy atom. The van der Waals surface area contributed by atoms with Gasteiger partial charge in [-0.2, -0.15) is 0 Å². The summed E-state index contributed by atoms with van der Waals surface area (Å²) in [6, 6.07) is 2.46. The number of methoxy groups -OCH3 is 1. The second kappa shape index (κ2) is 5.46. The molecule has 0 aliphatic rings. The molecule has 0 aliphatic carbocycles. The number of nitrogens with zero attached hydrogens (tertiary/aromatic N) is 2. The van der Waals surface area contributed by atoms with Crippen molar-refractivity contribution in [2.75, 3.05) is 11.8 Å². The van der Waals surface area contributed by atoms with Gasteiger partial charge in [-0.25, -0.2) is 17.8 Å². The normalized spacial score (nSPS) is 11.8. The van der Waals surface area contributed by atoms with Crippen molar-refractivity contribution in [3.8, 4) is 5.75 Å². The van der Waals surface area contributed by atoms with Gasteiger partial charge in [-0.15, -0.1) is 0 Å². The molecule has 0 saturated carbocycles. The van der Waals surface area contributed by atoms with Gasteiger partial charge in [0.05, 0.1) is 11.8 Å². The molecule has 0 spiro atoms. The van der Waals surface area contributed by atoms with E-state index in [1.54, 1.807) is 0 Å². The summed E-state index contributed by atoms with van der Waals surface area (Å²) in [6.07, 6.45) is 0. The van der Waals surface area contributed by atoms with Gasteiger partial charge in [0.2, 0.25) is 0 Å². The molecule has 1 aromatic carbocycles. The largest absolute Gasteiger partial charge is 0.494 e. The Hall–Kier alpha value is -2.20. The number of hydrogen-bond donors (Lipinski definition) is 1. The van der Waals surface area contributed by atoms with Gasteiger partial charge in [0.1, 0.15) is 22.8 Å². The quantitative estimate of drug-likeness (QED) is 0.771. The second-order valence-electron chi connectivity index (χ2n) is 4.73. The zero-order valence-corrected chi connectivity index (χ0v) is 14.0. The first kappa shape index (κ1) is 15.7. The van der Waals surface area contributed by atoms with Crippen molar-refractivity contribution in [2.45, 2.75) is 18.7 Å². The number of thiazole rings is 1. The summed E-state index contributed by atoms with van der Waals surface area (Å²) in [5.74, 6) is -0.0723. The number of rotatable bonds is 4. The van der Waals surface area contributed by atoms with Gasteiger partial charge in [0.25, 0.3) is 10.0 Å². The van der Waals surface area contributed by atoms with Crippen LogP contribution in [-0.4, -0.2) is 25.7 Å². The molecule has 2 aromatic heterocycles. The molecule has 3 aromatic rings. The fourth-order valence-electron chi connectivity index (χ4n) is 2.19. The summed E-state index contributed by atoms with van der Waals surface area (Å²) in [7, 11) is -2.51. The first-order chi connectivity index (χ1) is 10.8. The van der Waals surface area contributed by atoms with Crippen molar-refractivity contribution in [1.29, 1.82) is 0 Å². The van der Waals surface area contributed by atoms with Crippen LogP contribution in [0.2, 0.25) is 0 Å². The third-order valence-electron chi connectivity index (χ3n) is 3.10. The van der Waals surface area contributed by atoms with E-state index in [-0.39, 0.29) is 27.2 Å². The molecule has 0 atom stereocenters. The van der Waals surface area contributed by atoms with E-state index >= 15 is 0 Å². The summed E-state index contributed by atoms with van der Waals surface area (Å²) in [6.45, 7) is 3.03. The third-order valence-corrected chi connectivity index (χ3v) is 5.73. The predicted molar refractivity (Wildman–Crippen MR) is 82.9 cm³/mol. The topological polar surface area (TPSA) is 94.3 Å². The smallest absolute Gasteiger partial charge is 0.269 e. The van der Waals surface area contributed by atoms with E-state index in [2.05, 4.69) is 14.9 Å². The molecule has 23 heavy (non-hydrogen) atoms. The molecular weight excluding hydrogens is 345 g/mol. The number of hydrogen-bond acceptors (Lipinski definition) is 7. The molecule has 0 saturated heterocycles. The van der Waals surface area contributed by atoms with Crippen molar-refractivity contribution in [3.05, 3.63) is 29.4 Å². The minimum absolute atomic E-state index is 0.0325. The minimum Gasteiger partial charge on any atom is -0.494 e. The minimum atomic E-state index is -3.90. The van der Waals surface area contributed by atoms with Gasteiger partial charge < -0.3 is 9.26 Å². The van der Waals surface area contributed by atoms with Crippen LogP contribution in [0.15, 0.2) is 21.6 Å². The zero-order valence-electron chi connectivity index (χ0n) is 12.4. The fraction of sp³-hybridized carbons (Fsp3) is 0.231. The fourth-order valence-corrected chi connectivity index (χ4v) is 4.67. The Kier molecular flexibility index (Phi) is 3.72. The van der Waals surface area contributed by atoms with E-state index in [1.165, 1.54) is 33.1 Å². The first-order valence-electron chi connectivity index (χ1n) is 6.41. The van der Waals surface area contributed by atoms with Crippen LogP contribution in [0.25, 0.3) is 10.2 Å². The highest BCUT2D eigenvalue weighted by atomic mass is 32.2. The number of nitrogens with one attached hydrogen (secondary N) is 1. The summed E-state index contributed by atoms with van der Waals surface area (Å²) < 4.78 is 51.2. The van der Waals surface area contributed by atoms with Crippen molar-refractivity contribution >= 4 is 36.7 Å². The Morgan fingerprint density at radius 1 is 1.35 bits per heavy atom. The zero-order chi connectivity index (χ0) is 16.8. The van der Waals surface area contributed by atoms with Crippen LogP contribution in [0, 0.1) is 19.7 Å². The molecule has 0 unspecified atom stereocenters. The van der Waals surface area contributed by atoms with Crippen molar-refractivity contribution < 1.29 is 22.1 Å². The average Bonchev–Trinajstić information content (AvgIpc) is 3.00. The number of aryl methyl sites for hydroxylation is 2. The number of halogens is 1. The Bertz CT molecular complexity index is 975. The predicted octanol–water partition coefficient (Wildman–Crippen LogP) is 2.85. The molecule has 0 amide bonds. The molecule has 7 nitrogen and oxygen atoms in total. The summed E-state index contributed by atoms with van der Waals surface area (Å²) in [4.78, 5) is 4.13. The van der Waals surface area contributed by atoms with Crippen molar-refractivity contribution in [1.82, 2.24) is 10.1 Å². The van der Waals surface area contributed by atoms with E-state index in [1.807, 2.05) is 0 Å². The Morgan fingerprint density at radius 2 is 2.09 bits per heavy atom. The monoisotopic (exact) mass is 357 g/mol. The van der Waals surface area contributed by atoms with Crippen LogP contribution >= 0.6 is 11.3 Å². The highest BCUT2D eigenvalue weighted by Crippen LogP contribution is 2.34. The lowest BCUT2D eigenvalue weighted by molar-refractivity contribution is 0.390. The Balaban J connectivity index is 2.05. The number of anilines is 1. The van der Waals surface area contributed by atoms with Crippen LogP contribution < -0.4 is 9.46 Å². The highest BCUT2D eigenvalue weighted by Gasteiger charge is 2.25. The molecule has 3 rings (SSSR count). The summed E-state index contributed by atoms with van der Waals surface area (Å²) in [5, 5.41) is 3.73. The third kappa shape index (κ3) is 2.75. The SMILES string of the molecule is COc1cc(F)cc2sc(NS(=O)(=O)c3c(C)noc3C)nc12. The van der Waals surface area contributed by atoms with E-state index < -0.39 is 15.8 Å². The summed E-state index contributed by atoms with van der Waals surface area (Å²) >= 11 is 1.00. The molecule has 0 fully saturated rings. The molecule has 122 valence electrons. The van der Waals surface area contributed by atoms with Gasteiger partial charge >= 0.3 is 0 Å². The number of benzene rings is 1. The van der Waals surface area contributed by atoms with Crippen LogP contribution in [-0.2, 0) is 10.0 Å². The maximum atomic E-state index is 13.5. The molecule has 2 heterocycles. The maximum absolute atomic E-state index is 13.5. The lowest BCUT2D eigenvalue weighted by Gasteiger charge is -2.03. The first-order valence-corrected chi connectivity index (χ1v) is 8.71. The second-order valence-corrected chi connectivity index (χ2v) is 7.38. The molecule has 0 bridgehead atoms. The average molecular weight is 357 g/mol. The van der Waals surface area contributed by atoms with E-state index in [4.69, 9.17) is 9.26 Å². The van der Waals surface area contributed by atoms with Crippen molar-refractivity contribution in [3.63, 3.8) is 0 Å². The molecule has 0 radical (unpaired) electrons. The number of sulfonamides is 1. The molecular formula is C13H12FN3O4S2. The maximum Gasteiger partial charge on any atom is 0.269 e. The number of fused-ring (bicyclic) bond motifs is 1. The van der Waals surface area contributed by atoms with Crippen LogP contribution in [0.1, 0.15) is 11.5 Å². The van der Waals surface area contributed by atoms with E-state index in [9.17, 15) is 12.8 Å². The summed E-state index contributed by atoms with van der Waals surface area (Å²) in [5.41, 5.74) is 0.634. The lowest BCUT2D eigenvalue weighted by atomic mass is 10.3. The lowest BCUT2D eigenvalue weighted by Crippen LogP contribution is -2.14. The van der Waals surface area contributed by atoms with Crippen LogP contribution in [0.4, 0.5) is 9.52 Å². The number of aromatic nitrogens is 2. The van der Waals surface area contributed by atoms with Gasteiger partial charge in [-0.1, -0.05) is 16.5 Å². The van der Waals surface area contributed by atoms with E-state index in [0.29, 0.717) is 10.2 Å². The van der Waals surface area contributed by atoms with Gasteiger partial charge in [0, 0.05) is 6.07 Å². The van der Waals surface area contributed by atoms with Gasteiger partial charge in [-0.3, -0.25) is 4.72 Å². The van der Waals surface area contributed by atoms with Gasteiger partial charge in [-0.05, 0) is 19.9 Å². The van der Waals surface area contributed by atoms with Gasteiger partial charge in [0.15, 0.2) is 15.8 Å². The molecule has 0 aliphatic heterocycles. The number of ether oxygens (including phenoxy) is 1. The van der Waals surface area contributed by atoms with Crippen LogP contribution in [0.3, 0.4) is 0 Å². The molecule has 1 N–H and O–H groups in total. The molecule has 10 heteroatoms. The van der Waals surface area contributed by atoms with Crippen LogP contribution in [0.5, 0.6) is 5.75 Å². The Labute approximate surface area is 135 Å². The standard InChI is InChI=1S/C13H12FN3O4S2/c1-6-12(7(2)21-16-6)23(18,19)17-13-15-11-9(20-3)4-8(14)5-10(11)22-13/h4-5H,1-3H3,(H,15,17). The van der Waals surface area contributed by atoms with E-state index in [0.717, 1.165) is 11.3 Å². The van der Waals surface area contributed by atoms with Crippen molar-refractivity contribution in [2.24, 2.45) is 0 Å². The highest BCUT2D eigenvalue weighted by molar-refractivity contribution is 7.93.